The Morgan fingerprint density at radius 3 is 2.78 bits per heavy atom. The van der Waals surface area contributed by atoms with E-state index in [2.05, 4.69) is 15.6 Å². The zero-order valence-electron chi connectivity index (χ0n) is 13.1. The van der Waals surface area contributed by atoms with Crippen LogP contribution in [0.3, 0.4) is 0 Å². The highest BCUT2D eigenvalue weighted by Crippen LogP contribution is 2.20. The van der Waals surface area contributed by atoms with E-state index in [4.69, 9.17) is 17.3 Å². The molecule has 1 atom stereocenters. The number of rotatable bonds is 7. The maximum absolute atomic E-state index is 11.5. The Hall–Kier alpha value is -2.28. The third-order valence-electron chi connectivity index (χ3n) is 3.50. The van der Waals surface area contributed by atoms with Crippen LogP contribution in [0.15, 0.2) is 18.2 Å². The normalized spacial score (nSPS) is 12.1. The van der Waals surface area contributed by atoms with Gasteiger partial charge in [0.25, 0.3) is 0 Å². The molecule has 1 unspecified atom stereocenters. The summed E-state index contributed by atoms with van der Waals surface area (Å²) in [7, 11) is 1.86. The second-order valence-corrected chi connectivity index (χ2v) is 5.64. The molecule has 0 aliphatic carbocycles. The zero-order chi connectivity index (χ0) is 17.0. The molecule has 0 saturated heterocycles. The van der Waals surface area contributed by atoms with Crippen molar-refractivity contribution in [3.63, 3.8) is 0 Å². The van der Waals surface area contributed by atoms with Crippen LogP contribution < -0.4 is 16.4 Å². The summed E-state index contributed by atoms with van der Waals surface area (Å²) in [6.07, 6.45) is 0.241. The number of primary amides is 1. The number of alkyl halides is 1. The number of anilines is 1. The average Bonchev–Trinajstić information content (AvgIpc) is 2.80. The molecule has 0 aliphatic rings. The lowest BCUT2D eigenvalue weighted by atomic mass is 10.2. The lowest BCUT2D eigenvalue weighted by Crippen LogP contribution is -2.45. The maximum atomic E-state index is 11.5. The Morgan fingerprint density at radius 1 is 1.43 bits per heavy atom. The topological polar surface area (TPSA) is 102 Å². The number of nitrogens with two attached hydrogens (primary N) is 1. The molecule has 0 bridgehead atoms. The van der Waals surface area contributed by atoms with Gasteiger partial charge < -0.3 is 20.9 Å². The molecule has 0 aliphatic heterocycles. The first-order chi connectivity index (χ1) is 10.9. The maximum Gasteiger partial charge on any atom is 0.240 e. The van der Waals surface area contributed by atoms with Crippen molar-refractivity contribution in [2.45, 2.75) is 19.4 Å². The van der Waals surface area contributed by atoms with Gasteiger partial charge in [-0.2, -0.15) is 0 Å². The van der Waals surface area contributed by atoms with E-state index in [-0.39, 0.29) is 12.3 Å². The summed E-state index contributed by atoms with van der Waals surface area (Å²) in [6, 6.07) is 5.03. The summed E-state index contributed by atoms with van der Waals surface area (Å²) in [6.45, 7) is 2.01. The SMILES string of the molecule is CC(=O)NC(Cc1nc2cc(NCCCl)ccc2n1C)C(N)=O. The predicted octanol–water partition coefficient (Wildman–Crippen LogP) is 0.756. The highest BCUT2D eigenvalue weighted by molar-refractivity contribution is 6.18. The monoisotopic (exact) mass is 337 g/mol. The van der Waals surface area contributed by atoms with Gasteiger partial charge in [0.05, 0.1) is 11.0 Å². The van der Waals surface area contributed by atoms with Crippen LogP contribution in [0, 0.1) is 0 Å². The number of hydrogen-bond donors (Lipinski definition) is 3. The van der Waals surface area contributed by atoms with Gasteiger partial charge >= 0.3 is 0 Å². The molecule has 8 heteroatoms. The van der Waals surface area contributed by atoms with E-state index in [1.807, 2.05) is 29.8 Å². The van der Waals surface area contributed by atoms with Crippen molar-refractivity contribution in [2.24, 2.45) is 12.8 Å². The number of aryl methyl sites for hydroxylation is 1. The van der Waals surface area contributed by atoms with E-state index in [1.54, 1.807) is 0 Å². The summed E-state index contributed by atoms with van der Waals surface area (Å²) in [5.74, 6) is 0.298. The molecular weight excluding hydrogens is 318 g/mol. The fourth-order valence-electron chi connectivity index (χ4n) is 2.38. The minimum atomic E-state index is -0.781. The number of carbonyl (C=O) groups excluding carboxylic acids is 2. The minimum Gasteiger partial charge on any atom is -0.384 e. The third kappa shape index (κ3) is 4.13. The number of amides is 2. The van der Waals surface area contributed by atoms with Gasteiger partial charge in [0.2, 0.25) is 11.8 Å². The fourth-order valence-corrected chi connectivity index (χ4v) is 2.48. The van der Waals surface area contributed by atoms with Crippen LogP contribution >= 0.6 is 11.6 Å². The molecule has 0 saturated carbocycles. The molecule has 0 radical (unpaired) electrons. The van der Waals surface area contributed by atoms with E-state index in [1.165, 1.54) is 6.92 Å². The molecule has 1 aromatic heterocycles. The molecule has 1 aromatic carbocycles. The molecule has 2 aromatic rings. The molecule has 2 rings (SSSR count). The first kappa shape index (κ1) is 17.1. The molecule has 124 valence electrons. The Bertz CT molecular complexity index is 728. The van der Waals surface area contributed by atoms with Crippen LogP contribution in [0.4, 0.5) is 5.69 Å². The second-order valence-electron chi connectivity index (χ2n) is 5.27. The van der Waals surface area contributed by atoms with Crippen molar-refractivity contribution >= 4 is 40.1 Å². The number of carbonyl (C=O) groups is 2. The lowest BCUT2D eigenvalue weighted by molar-refractivity contribution is -0.126. The number of nitrogens with one attached hydrogen (secondary N) is 2. The van der Waals surface area contributed by atoms with Crippen LogP contribution in [-0.4, -0.2) is 39.8 Å². The van der Waals surface area contributed by atoms with Crippen molar-refractivity contribution in [1.82, 2.24) is 14.9 Å². The van der Waals surface area contributed by atoms with Crippen molar-refractivity contribution in [1.29, 1.82) is 0 Å². The zero-order valence-corrected chi connectivity index (χ0v) is 13.9. The average molecular weight is 338 g/mol. The summed E-state index contributed by atoms with van der Waals surface area (Å²) in [5, 5.41) is 5.73. The molecule has 0 spiro atoms. The standard InChI is InChI=1S/C15H20ClN5O2/c1-9(22)19-12(15(17)23)8-14-20-11-7-10(18-6-5-16)3-4-13(11)21(14)2/h3-4,7,12,18H,5-6,8H2,1-2H3,(H2,17,23)(H,19,22). The number of hydrogen-bond acceptors (Lipinski definition) is 4. The third-order valence-corrected chi connectivity index (χ3v) is 3.69. The number of halogens is 1. The van der Waals surface area contributed by atoms with Gasteiger partial charge in [0.1, 0.15) is 11.9 Å². The van der Waals surface area contributed by atoms with Gasteiger partial charge in [0.15, 0.2) is 0 Å². The van der Waals surface area contributed by atoms with Gasteiger partial charge in [0, 0.05) is 38.5 Å². The fraction of sp³-hybridized carbons (Fsp3) is 0.400. The van der Waals surface area contributed by atoms with Gasteiger partial charge in [-0.25, -0.2) is 4.98 Å². The van der Waals surface area contributed by atoms with Gasteiger partial charge in [-0.3, -0.25) is 9.59 Å². The predicted molar refractivity (Wildman–Crippen MR) is 90.4 cm³/mol. The largest absolute Gasteiger partial charge is 0.384 e. The molecule has 0 fully saturated rings. The van der Waals surface area contributed by atoms with E-state index < -0.39 is 11.9 Å². The van der Waals surface area contributed by atoms with Crippen LogP contribution in [0.1, 0.15) is 12.7 Å². The molecule has 2 amide bonds. The molecule has 23 heavy (non-hydrogen) atoms. The number of fused-ring (bicyclic) bond motifs is 1. The van der Waals surface area contributed by atoms with E-state index in [0.717, 1.165) is 16.7 Å². The number of nitrogens with zero attached hydrogens (tertiary/aromatic N) is 2. The molecule has 1 heterocycles. The number of benzene rings is 1. The van der Waals surface area contributed by atoms with E-state index in [0.29, 0.717) is 18.2 Å². The van der Waals surface area contributed by atoms with Gasteiger partial charge in [-0.05, 0) is 18.2 Å². The summed E-state index contributed by atoms with van der Waals surface area (Å²) >= 11 is 5.67. The lowest BCUT2D eigenvalue weighted by Gasteiger charge is -2.13. The van der Waals surface area contributed by atoms with Crippen molar-refractivity contribution in [3.8, 4) is 0 Å². The Kier molecular flexibility index (Phi) is 5.44. The second kappa shape index (κ2) is 7.32. The quantitative estimate of drug-likeness (QED) is 0.649. The number of aromatic nitrogens is 2. The molecule has 7 nitrogen and oxygen atoms in total. The highest BCUT2D eigenvalue weighted by atomic mass is 35.5. The smallest absolute Gasteiger partial charge is 0.240 e. The van der Waals surface area contributed by atoms with Crippen molar-refractivity contribution in [3.05, 3.63) is 24.0 Å². The van der Waals surface area contributed by atoms with Crippen LogP contribution in [0.25, 0.3) is 11.0 Å². The van der Waals surface area contributed by atoms with Crippen LogP contribution in [-0.2, 0) is 23.1 Å². The molecular formula is C15H20ClN5O2. The summed E-state index contributed by atoms with van der Waals surface area (Å²) in [4.78, 5) is 27.2. The number of imidazole rings is 1. The minimum absolute atomic E-state index is 0.241. The van der Waals surface area contributed by atoms with Crippen LogP contribution in [0.5, 0.6) is 0 Å². The first-order valence-corrected chi connectivity index (χ1v) is 7.77. The highest BCUT2D eigenvalue weighted by Gasteiger charge is 2.20. The summed E-state index contributed by atoms with van der Waals surface area (Å²) < 4.78 is 1.89. The Balaban J connectivity index is 2.28. The van der Waals surface area contributed by atoms with Crippen molar-refractivity contribution < 1.29 is 9.59 Å². The van der Waals surface area contributed by atoms with E-state index >= 15 is 0 Å². The van der Waals surface area contributed by atoms with E-state index in [9.17, 15) is 9.59 Å². The Labute approximate surface area is 139 Å². The van der Waals surface area contributed by atoms with Gasteiger partial charge in [-0.1, -0.05) is 0 Å². The van der Waals surface area contributed by atoms with Crippen molar-refractivity contribution in [2.75, 3.05) is 17.7 Å². The van der Waals surface area contributed by atoms with Crippen LogP contribution in [0.2, 0.25) is 0 Å². The first-order valence-electron chi connectivity index (χ1n) is 7.24. The summed E-state index contributed by atoms with van der Waals surface area (Å²) in [5.41, 5.74) is 8.00. The molecule has 4 N–H and O–H groups in total. The Morgan fingerprint density at radius 2 is 2.17 bits per heavy atom. The van der Waals surface area contributed by atoms with Gasteiger partial charge in [-0.15, -0.1) is 11.6 Å².